The number of hydrazone groups is 1. The second kappa shape index (κ2) is 6.77. The third-order valence-corrected chi connectivity index (χ3v) is 6.96. The zero-order valence-corrected chi connectivity index (χ0v) is 16.2. The summed E-state index contributed by atoms with van der Waals surface area (Å²) >= 11 is 0. The second-order valence-corrected chi connectivity index (χ2v) is 8.83. The molecule has 1 aromatic rings. The lowest BCUT2D eigenvalue weighted by molar-refractivity contribution is 0.00128. The molecule has 5 aliphatic rings. The summed E-state index contributed by atoms with van der Waals surface area (Å²) in [6.07, 6.45) is 7.18. The van der Waals surface area contributed by atoms with Crippen molar-refractivity contribution in [3.05, 3.63) is 29.8 Å². The summed E-state index contributed by atoms with van der Waals surface area (Å²) in [5.74, 6) is 3.69. The van der Waals surface area contributed by atoms with E-state index >= 15 is 0 Å². The van der Waals surface area contributed by atoms with E-state index in [-0.39, 0.29) is 0 Å². The minimum atomic E-state index is 0.439. The first-order chi connectivity index (χ1) is 13.2. The molecule has 0 unspecified atom stereocenters. The average Bonchev–Trinajstić information content (AvgIpc) is 3.07. The fourth-order valence-corrected chi connectivity index (χ4v) is 5.78. The lowest BCUT2D eigenvalue weighted by Crippen LogP contribution is -2.47. The van der Waals surface area contributed by atoms with Crippen LogP contribution in [0.15, 0.2) is 39.5 Å². The van der Waals surface area contributed by atoms with E-state index in [1.807, 2.05) is 6.92 Å². The fourth-order valence-electron chi connectivity index (χ4n) is 5.78. The molecule has 4 aliphatic carbocycles. The molecule has 27 heavy (non-hydrogen) atoms. The first-order valence-corrected chi connectivity index (χ1v) is 10.3. The molecule has 0 spiro atoms. The average molecular weight is 364 g/mol. The van der Waals surface area contributed by atoms with Gasteiger partial charge in [0.05, 0.1) is 11.7 Å². The van der Waals surface area contributed by atoms with Gasteiger partial charge in [0.1, 0.15) is 11.4 Å². The molecule has 0 saturated heterocycles. The molecule has 1 heterocycles. The molecule has 6 rings (SSSR count). The zero-order chi connectivity index (χ0) is 18.4. The minimum Gasteiger partial charge on any atom is -0.389 e. The highest BCUT2D eigenvalue weighted by Gasteiger charge is 2.48. The number of hydrogen-bond donors (Lipinski definition) is 1. The van der Waals surface area contributed by atoms with E-state index in [2.05, 4.69) is 46.9 Å². The highest BCUT2D eigenvalue weighted by atomic mass is 16.6. The molecule has 4 bridgehead atoms. The molecule has 0 atom stereocenters. The Kier molecular flexibility index (Phi) is 4.25. The van der Waals surface area contributed by atoms with Gasteiger partial charge >= 0.3 is 0 Å². The summed E-state index contributed by atoms with van der Waals surface area (Å²) in [7, 11) is 0. The normalized spacial score (nSPS) is 36.1. The quantitative estimate of drug-likeness (QED) is 0.632. The Bertz CT molecular complexity index is 780. The zero-order valence-electron chi connectivity index (χ0n) is 16.2. The van der Waals surface area contributed by atoms with Gasteiger partial charge in [-0.15, -0.1) is 0 Å². The SMILES string of the molecule is CC1=NOCC1=NNc1ccc(C(C)=NC2C3CC4CC(C3)CC2C4)cc1. The van der Waals surface area contributed by atoms with Crippen molar-refractivity contribution in [2.45, 2.75) is 52.0 Å². The lowest BCUT2D eigenvalue weighted by Gasteiger charge is -2.53. The van der Waals surface area contributed by atoms with Crippen LogP contribution in [0.1, 0.15) is 51.5 Å². The van der Waals surface area contributed by atoms with Crippen LogP contribution in [0.5, 0.6) is 0 Å². The summed E-state index contributed by atoms with van der Waals surface area (Å²) in [5.41, 5.74) is 8.13. The van der Waals surface area contributed by atoms with Crippen LogP contribution in [-0.2, 0) is 4.84 Å². The van der Waals surface area contributed by atoms with Crippen LogP contribution in [0, 0.1) is 23.7 Å². The van der Waals surface area contributed by atoms with Crippen molar-refractivity contribution in [1.29, 1.82) is 0 Å². The molecule has 142 valence electrons. The Morgan fingerprint density at radius 2 is 1.70 bits per heavy atom. The van der Waals surface area contributed by atoms with Crippen LogP contribution in [0.3, 0.4) is 0 Å². The molecule has 4 saturated carbocycles. The van der Waals surface area contributed by atoms with Crippen LogP contribution in [0.2, 0.25) is 0 Å². The number of oxime groups is 1. The van der Waals surface area contributed by atoms with Crippen molar-refractivity contribution in [2.24, 2.45) is 38.9 Å². The van der Waals surface area contributed by atoms with Crippen molar-refractivity contribution in [2.75, 3.05) is 12.0 Å². The van der Waals surface area contributed by atoms with Crippen LogP contribution < -0.4 is 5.43 Å². The summed E-state index contributed by atoms with van der Waals surface area (Å²) in [6.45, 7) is 4.51. The maximum atomic E-state index is 5.23. The highest BCUT2D eigenvalue weighted by molar-refractivity contribution is 6.42. The van der Waals surface area contributed by atoms with Gasteiger partial charge in [0.15, 0.2) is 6.61 Å². The van der Waals surface area contributed by atoms with Crippen molar-refractivity contribution < 1.29 is 4.84 Å². The number of hydrogen-bond acceptors (Lipinski definition) is 5. The van der Waals surface area contributed by atoms with Gasteiger partial charge in [0, 0.05) is 5.71 Å². The van der Waals surface area contributed by atoms with Gasteiger partial charge in [-0.05, 0) is 87.3 Å². The molecule has 0 aromatic heterocycles. The van der Waals surface area contributed by atoms with Gasteiger partial charge in [-0.2, -0.15) is 5.10 Å². The number of nitrogens with one attached hydrogen (secondary N) is 1. The standard InChI is InChI=1S/C22H28N4O/c1-13(23-22-18-8-15-7-16(10-18)11-19(22)9-15)17-3-5-20(6-4-17)24-25-21-12-27-26-14(21)2/h3-6,15-16,18-19,22,24H,7-12H2,1-2H3. The van der Waals surface area contributed by atoms with Crippen LogP contribution in [-0.4, -0.2) is 29.8 Å². The molecule has 0 radical (unpaired) electrons. The molecular weight excluding hydrogens is 336 g/mol. The molecule has 4 fully saturated rings. The van der Waals surface area contributed by atoms with E-state index in [9.17, 15) is 0 Å². The van der Waals surface area contributed by atoms with Gasteiger partial charge in [-0.3, -0.25) is 10.4 Å². The molecular formula is C22H28N4O. The summed E-state index contributed by atoms with van der Waals surface area (Å²) in [5, 5.41) is 8.26. The third-order valence-electron chi connectivity index (χ3n) is 6.96. The largest absolute Gasteiger partial charge is 0.389 e. The van der Waals surface area contributed by atoms with E-state index in [4.69, 9.17) is 9.83 Å². The van der Waals surface area contributed by atoms with Crippen molar-refractivity contribution in [1.82, 2.24) is 0 Å². The van der Waals surface area contributed by atoms with Crippen LogP contribution >= 0.6 is 0 Å². The maximum absolute atomic E-state index is 5.23. The Hall–Kier alpha value is -2.17. The van der Waals surface area contributed by atoms with E-state index in [0.717, 1.165) is 40.8 Å². The molecule has 0 amide bonds. The number of aliphatic imine (C=N–C) groups is 1. The van der Waals surface area contributed by atoms with Crippen LogP contribution in [0.4, 0.5) is 5.69 Å². The monoisotopic (exact) mass is 364 g/mol. The van der Waals surface area contributed by atoms with E-state index in [0.29, 0.717) is 12.6 Å². The van der Waals surface area contributed by atoms with Gasteiger partial charge in [0.2, 0.25) is 0 Å². The van der Waals surface area contributed by atoms with Crippen molar-refractivity contribution >= 4 is 22.8 Å². The van der Waals surface area contributed by atoms with Crippen molar-refractivity contribution in [3.8, 4) is 0 Å². The summed E-state index contributed by atoms with van der Waals surface area (Å²) in [6, 6.07) is 8.98. The molecule has 5 nitrogen and oxygen atoms in total. The smallest absolute Gasteiger partial charge is 0.162 e. The first kappa shape index (κ1) is 17.0. The predicted octanol–water partition coefficient (Wildman–Crippen LogP) is 4.49. The number of nitrogens with zero attached hydrogens (tertiary/aromatic N) is 3. The van der Waals surface area contributed by atoms with E-state index < -0.39 is 0 Å². The van der Waals surface area contributed by atoms with Gasteiger partial charge in [-0.25, -0.2) is 0 Å². The molecule has 1 N–H and O–H groups in total. The Labute approximate surface area is 161 Å². The van der Waals surface area contributed by atoms with Gasteiger partial charge < -0.3 is 4.84 Å². The lowest BCUT2D eigenvalue weighted by atomic mass is 9.54. The fraction of sp³-hybridized carbons (Fsp3) is 0.591. The second-order valence-electron chi connectivity index (χ2n) is 8.83. The van der Waals surface area contributed by atoms with E-state index in [1.54, 1.807) is 0 Å². The highest BCUT2D eigenvalue weighted by Crippen LogP contribution is 2.54. The Balaban J connectivity index is 1.27. The topological polar surface area (TPSA) is 58.3 Å². The van der Waals surface area contributed by atoms with Gasteiger partial charge in [-0.1, -0.05) is 17.3 Å². The Morgan fingerprint density at radius 3 is 2.30 bits per heavy atom. The Morgan fingerprint density at radius 1 is 1.04 bits per heavy atom. The number of rotatable bonds is 4. The molecule has 1 aliphatic heterocycles. The first-order valence-electron chi connectivity index (χ1n) is 10.3. The van der Waals surface area contributed by atoms with E-state index in [1.165, 1.54) is 43.4 Å². The number of anilines is 1. The third kappa shape index (κ3) is 3.28. The van der Waals surface area contributed by atoms with Crippen LogP contribution in [0.25, 0.3) is 0 Å². The van der Waals surface area contributed by atoms with Gasteiger partial charge in [0.25, 0.3) is 0 Å². The number of benzene rings is 1. The minimum absolute atomic E-state index is 0.439. The predicted molar refractivity (Wildman–Crippen MR) is 110 cm³/mol. The van der Waals surface area contributed by atoms with Crippen molar-refractivity contribution in [3.63, 3.8) is 0 Å². The summed E-state index contributed by atoms with van der Waals surface area (Å²) in [4.78, 5) is 10.3. The summed E-state index contributed by atoms with van der Waals surface area (Å²) < 4.78 is 0. The molecule has 5 heteroatoms. The molecule has 1 aromatic carbocycles. The maximum Gasteiger partial charge on any atom is 0.162 e.